The van der Waals surface area contributed by atoms with Crippen molar-refractivity contribution < 1.29 is 0 Å². The molecule has 0 unspecified atom stereocenters. The number of hydrogen-bond donors (Lipinski definition) is 0. The van der Waals surface area contributed by atoms with E-state index in [1.807, 2.05) is 34.2 Å². The maximum Gasteiger partial charge on any atom is 0.172 e. The van der Waals surface area contributed by atoms with Crippen LogP contribution in [0.1, 0.15) is 23.8 Å². The van der Waals surface area contributed by atoms with Crippen molar-refractivity contribution in [3.05, 3.63) is 45.5 Å². The summed E-state index contributed by atoms with van der Waals surface area (Å²) in [6.07, 6.45) is 5.39. The molecule has 0 N–H and O–H groups in total. The minimum atomic E-state index is 0.761. The van der Waals surface area contributed by atoms with Crippen molar-refractivity contribution in [3.63, 3.8) is 0 Å². The van der Waals surface area contributed by atoms with Gasteiger partial charge in [0.2, 0.25) is 0 Å². The zero-order chi connectivity index (χ0) is 16.3. The van der Waals surface area contributed by atoms with Gasteiger partial charge < -0.3 is 0 Å². The summed E-state index contributed by atoms with van der Waals surface area (Å²) in [5, 5.41) is 10.2. The van der Waals surface area contributed by atoms with E-state index in [1.54, 1.807) is 0 Å². The smallest absolute Gasteiger partial charge is 0.172 e. The lowest BCUT2D eigenvalue weighted by Gasteiger charge is -2.17. The van der Waals surface area contributed by atoms with Gasteiger partial charge in [-0.2, -0.15) is 0 Å². The fourth-order valence-electron chi connectivity index (χ4n) is 3.56. The van der Waals surface area contributed by atoms with E-state index in [-0.39, 0.29) is 0 Å². The van der Waals surface area contributed by atoms with Crippen LogP contribution in [0, 0.1) is 5.92 Å². The molecule has 4 aromatic rings. The zero-order valence-corrected chi connectivity index (χ0v) is 15.6. The Morgan fingerprint density at radius 3 is 3.08 bits per heavy atom. The Kier molecular flexibility index (Phi) is 3.25. The van der Waals surface area contributed by atoms with Gasteiger partial charge in [0.05, 0.1) is 5.39 Å². The molecule has 0 saturated heterocycles. The second kappa shape index (κ2) is 5.36. The van der Waals surface area contributed by atoms with Gasteiger partial charge in [0.15, 0.2) is 11.5 Å². The van der Waals surface area contributed by atoms with Crippen molar-refractivity contribution in [1.82, 2.24) is 19.6 Å². The number of fused-ring (bicyclic) bond motifs is 5. The first-order chi connectivity index (χ1) is 11.7. The molecule has 3 aromatic heterocycles. The molecule has 1 aliphatic carbocycles. The lowest BCUT2D eigenvalue weighted by Crippen LogP contribution is -2.08. The third-order valence-corrected chi connectivity index (χ3v) is 6.44. The van der Waals surface area contributed by atoms with Gasteiger partial charge in [0, 0.05) is 14.9 Å². The number of hydrogen-bond acceptors (Lipinski definition) is 4. The van der Waals surface area contributed by atoms with E-state index in [0.717, 1.165) is 45.1 Å². The summed E-state index contributed by atoms with van der Waals surface area (Å²) in [4.78, 5) is 7.29. The van der Waals surface area contributed by atoms with E-state index < -0.39 is 0 Å². The van der Waals surface area contributed by atoms with Crippen LogP contribution in [0.25, 0.3) is 27.3 Å². The molecular weight excluding hydrogens is 384 g/mol. The van der Waals surface area contributed by atoms with E-state index >= 15 is 0 Å². The Labute approximate surface area is 151 Å². The van der Waals surface area contributed by atoms with Crippen LogP contribution in [-0.2, 0) is 12.8 Å². The van der Waals surface area contributed by atoms with Crippen LogP contribution in [0.2, 0.25) is 0 Å². The van der Waals surface area contributed by atoms with Gasteiger partial charge in [-0.1, -0.05) is 35.0 Å². The summed E-state index contributed by atoms with van der Waals surface area (Å²) < 4.78 is 3.06. The molecule has 0 amide bonds. The molecule has 0 fully saturated rings. The monoisotopic (exact) mass is 398 g/mol. The Hall–Kier alpha value is -1.79. The molecule has 1 aromatic carbocycles. The van der Waals surface area contributed by atoms with Gasteiger partial charge in [-0.3, -0.25) is 4.40 Å². The van der Waals surface area contributed by atoms with Gasteiger partial charge in [0.25, 0.3) is 0 Å². The normalized spacial score (nSPS) is 17.5. The molecule has 5 rings (SSSR count). The van der Waals surface area contributed by atoms with Crippen LogP contribution in [0.4, 0.5) is 0 Å². The topological polar surface area (TPSA) is 43.1 Å². The van der Waals surface area contributed by atoms with Gasteiger partial charge in [0.1, 0.15) is 11.2 Å². The van der Waals surface area contributed by atoms with Gasteiger partial charge in [-0.25, -0.2) is 4.98 Å². The van der Waals surface area contributed by atoms with Crippen molar-refractivity contribution in [2.75, 3.05) is 0 Å². The summed E-state index contributed by atoms with van der Waals surface area (Å²) in [6.45, 7) is 2.33. The third-order valence-electron chi connectivity index (χ3n) is 4.79. The lowest BCUT2D eigenvalue weighted by molar-refractivity contribution is 0.509. The number of nitrogens with zero attached hydrogens (tertiary/aromatic N) is 4. The fraction of sp³-hybridized carbons (Fsp3) is 0.278. The maximum absolute atomic E-state index is 4.71. The molecular formula is C18H15BrN4S. The SMILES string of the molecule is C[C@H]1CCc2c(sc3ncn4c(-c5cccc(Br)c5)nnc4c23)C1. The maximum atomic E-state index is 4.71. The molecule has 120 valence electrons. The van der Waals surface area contributed by atoms with E-state index in [2.05, 4.69) is 45.2 Å². The van der Waals surface area contributed by atoms with Crippen molar-refractivity contribution in [2.24, 2.45) is 5.92 Å². The number of halogens is 1. The summed E-state index contributed by atoms with van der Waals surface area (Å²) in [5.74, 6) is 1.60. The Balaban J connectivity index is 1.78. The summed E-state index contributed by atoms with van der Waals surface area (Å²) in [7, 11) is 0. The fourth-order valence-corrected chi connectivity index (χ4v) is 5.31. The molecule has 0 saturated carbocycles. The second-order valence-corrected chi connectivity index (χ2v) is 8.50. The molecule has 6 heteroatoms. The average molecular weight is 399 g/mol. The third kappa shape index (κ3) is 2.13. The molecule has 4 nitrogen and oxygen atoms in total. The molecule has 0 bridgehead atoms. The Morgan fingerprint density at radius 2 is 2.21 bits per heavy atom. The molecule has 24 heavy (non-hydrogen) atoms. The van der Waals surface area contributed by atoms with Crippen LogP contribution < -0.4 is 0 Å². The van der Waals surface area contributed by atoms with Crippen LogP contribution in [0.5, 0.6) is 0 Å². The van der Waals surface area contributed by atoms with E-state index in [1.165, 1.54) is 22.2 Å². The molecule has 0 spiro atoms. The van der Waals surface area contributed by atoms with Crippen molar-refractivity contribution in [2.45, 2.75) is 26.2 Å². The van der Waals surface area contributed by atoms with E-state index in [0.29, 0.717) is 0 Å². The van der Waals surface area contributed by atoms with Gasteiger partial charge in [-0.05, 0) is 42.9 Å². The number of benzene rings is 1. The first-order valence-corrected chi connectivity index (χ1v) is 9.71. The van der Waals surface area contributed by atoms with Crippen LogP contribution in [0.15, 0.2) is 35.1 Å². The van der Waals surface area contributed by atoms with Gasteiger partial charge in [-0.15, -0.1) is 21.5 Å². The van der Waals surface area contributed by atoms with Crippen LogP contribution in [-0.4, -0.2) is 19.6 Å². The van der Waals surface area contributed by atoms with Crippen molar-refractivity contribution in [1.29, 1.82) is 0 Å². The number of aryl methyl sites for hydroxylation is 1. The highest BCUT2D eigenvalue weighted by Crippen LogP contribution is 2.39. The molecule has 0 radical (unpaired) electrons. The first kappa shape index (κ1) is 14.5. The van der Waals surface area contributed by atoms with Crippen LogP contribution in [0.3, 0.4) is 0 Å². The highest BCUT2D eigenvalue weighted by Gasteiger charge is 2.24. The largest absolute Gasteiger partial charge is 0.265 e. The summed E-state index contributed by atoms with van der Waals surface area (Å²) >= 11 is 5.35. The molecule has 1 atom stereocenters. The lowest BCUT2D eigenvalue weighted by atomic mass is 9.89. The Morgan fingerprint density at radius 1 is 1.29 bits per heavy atom. The number of aromatic nitrogens is 4. The summed E-state index contributed by atoms with van der Waals surface area (Å²) in [5.41, 5.74) is 3.41. The highest BCUT2D eigenvalue weighted by atomic mass is 79.9. The molecule has 0 aliphatic heterocycles. The van der Waals surface area contributed by atoms with E-state index in [4.69, 9.17) is 4.98 Å². The molecule has 1 aliphatic rings. The quantitative estimate of drug-likeness (QED) is 0.458. The predicted molar refractivity (Wildman–Crippen MR) is 100 cm³/mol. The first-order valence-electron chi connectivity index (χ1n) is 8.10. The van der Waals surface area contributed by atoms with Crippen molar-refractivity contribution in [3.8, 4) is 11.4 Å². The van der Waals surface area contributed by atoms with Crippen molar-refractivity contribution >= 4 is 43.1 Å². The van der Waals surface area contributed by atoms with Crippen LogP contribution >= 0.6 is 27.3 Å². The number of rotatable bonds is 1. The average Bonchev–Trinajstić information content (AvgIpc) is 3.14. The van der Waals surface area contributed by atoms with E-state index in [9.17, 15) is 0 Å². The second-order valence-electron chi connectivity index (χ2n) is 6.50. The van der Waals surface area contributed by atoms with Gasteiger partial charge >= 0.3 is 0 Å². The highest BCUT2D eigenvalue weighted by molar-refractivity contribution is 9.10. The molecule has 3 heterocycles. The summed E-state index contributed by atoms with van der Waals surface area (Å²) in [6, 6.07) is 8.14. The Bertz CT molecular complexity index is 1080. The minimum absolute atomic E-state index is 0.761. The predicted octanol–water partition coefficient (Wildman–Crippen LogP) is 4.89. The zero-order valence-electron chi connectivity index (χ0n) is 13.2. The number of thiophene rings is 1. The minimum Gasteiger partial charge on any atom is -0.265 e. The standard InChI is InChI=1S/C18H15BrN4S/c1-10-5-6-13-14(7-10)24-18-15(13)17-22-21-16(23(17)9-20-18)11-3-2-4-12(19)8-11/h2-4,8-10H,5-7H2,1H3/t10-/m0/s1.